The lowest BCUT2D eigenvalue weighted by Gasteiger charge is -2.18. The van der Waals surface area contributed by atoms with E-state index in [0.717, 1.165) is 11.1 Å². The average Bonchev–Trinajstić information content (AvgIpc) is 2.79. The second kappa shape index (κ2) is 10.2. The third-order valence-corrected chi connectivity index (χ3v) is 4.60. The Labute approximate surface area is 175 Å². The number of amides is 2. The lowest BCUT2D eigenvalue weighted by Crippen LogP contribution is -2.39. The van der Waals surface area contributed by atoms with E-state index < -0.39 is 5.82 Å². The van der Waals surface area contributed by atoms with Crippen LogP contribution in [0.1, 0.15) is 10.4 Å². The number of likely N-dealkylation sites (N-methyl/N-ethyl adjacent to an activating group) is 1. The summed E-state index contributed by atoms with van der Waals surface area (Å²) in [5.74, 6) is -0.886. The molecule has 1 N–H and O–H groups in total. The van der Waals surface area contributed by atoms with E-state index in [1.54, 1.807) is 31.3 Å². The van der Waals surface area contributed by atoms with Crippen molar-refractivity contribution in [3.63, 3.8) is 0 Å². The number of ether oxygens (including phenoxy) is 1. The summed E-state index contributed by atoms with van der Waals surface area (Å²) >= 11 is 0. The summed E-state index contributed by atoms with van der Waals surface area (Å²) in [6.07, 6.45) is 0. The van der Waals surface area contributed by atoms with Gasteiger partial charge in [-0.1, -0.05) is 54.6 Å². The van der Waals surface area contributed by atoms with Crippen LogP contribution in [-0.2, 0) is 4.79 Å². The number of nitrogens with one attached hydrogen (secondary N) is 1. The fraction of sp³-hybridized carbons (Fsp3) is 0.167. The normalized spacial score (nSPS) is 10.3. The summed E-state index contributed by atoms with van der Waals surface area (Å²) in [5, 5.41) is 2.63. The highest BCUT2D eigenvalue weighted by molar-refractivity contribution is 5.96. The summed E-state index contributed by atoms with van der Waals surface area (Å²) in [6, 6.07) is 23.2. The summed E-state index contributed by atoms with van der Waals surface area (Å²) < 4.78 is 18.9. The monoisotopic (exact) mass is 406 g/mol. The maximum atomic E-state index is 13.5. The molecule has 6 heteroatoms. The zero-order valence-corrected chi connectivity index (χ0v) is 16.7. The molecule has 0 aliphatic heterocycles. The van der Waals surface area contributed by atoms with Crippen LogP contribution in [0.25, 0.3) is 11.1 Å². The first kappa shape index (κ1) is 21.0. The van der Waals surface area contributed by atoms with Gasteiger partial charge in [0, 0.05) is 12.6 Å². The Morgan fingerprint density at radius 3 is 2.23 bits per heavy atom. The van der Waals surface area contributed by atoms with Crippen molar-refractivity contribution in [2.75, 3.05) is 26.7 Å². The zero-order valence-electron chi connectivity index (χ0n) is 16.7. The van der Waals surface area contributed by atoms with E-state index >= 15 is 0 Å². The Kier molecular flexibility index (Phi) is 7.16. The van der Waals surface area contributed by atoms with Crippen LogP contribution in [0.5, 0.6) is 5.75 Å². The number of nitrogens with zero attached hydrogens (tertiary/aromatic N) is 1. The quantitative estimate of drug-likeness (QED) is 0.620. The molecule has 3 aromatic rings. The molecule has 5 nitrogen and oxygen atoms in total. The molecule has 0 unspecified atom stereocenters. The predicted molar refractivity (Wildman–Crippen MR) is 114 cm³/mol. The zero-order chi connectivity index (χ0) is 21.3. The Bertz CT molecular complexity index is 991. The minimum absolute atomic E-state index is 0.129. The fourth-order valence-electron chi connectivity index (χ4n) is 2.82. The van der Waals surface area contributed by atoms with Crippen molar-refractivity contribution < 1.29 is 18.7 Å². The highest BCUT2D eigenvalue weighted by Crippen LogP contribution is 2.19. The molecule has 2 amide bonds. The lowest BCUT2D eigenvalue weighted by molar-refractivity contribution is -0.129. The molecule has 0 fully saturated rings. The van der Waals surface area contributed by atoms with Gasteiger partial charge in [0.2, 0.25) is 5.91 Å². The van der Waals surface area contributed by atoms with Crippen LogP contribution in [0, 0.1) is 5.82 Å². The Balaban J connectivity index is 1.44. The molecule has 3 rings (SSSR count). The van der Waals surface area contributed by atoms with Crippen LogP contribution >= 0.6 is 0 Å². The number of halogens is 1. The molecule has 0 bridgehead atoms. The summed E-state index contributed by atoms with van der Waals surface area (Å²) in [5.41, 5.74) is 2.56. The number of hydrogen-bond donors (Lipinski definition) is 1. The van der Waals surface area contributed by atoms with Crippen molar-refractivity contribution in [3.05, 3.63) is 90.2 Å². The van der Waals surface area contributed by atoms with Gasteiger partial charge in [0.05, 0.1) is 13.1 Å². The van der Waals surface area contributed by atoms with E-state index in [-0.39, 0.29) is 37.3 Å². The van der Waals surface area contributed by atoms with Gasteiger partial charge in [0.15, 0.2) is 11.6 Å². The van der Waals surface area contributed by atoms with Crippen molar-refractivity contribution in [1.29, 1.82) is 0 Å². The van der Waals surface area contributed by atoms with Gasteiger partial charge in [-0.15, -0.1) is 0 Å². The Morgan fingerprint density at radius 1 is 0.900 bits per heavy atom. The van der Waals surface area contributed by atoms with Crippen molar-refractivity contribution in [3.8, 4) is 16.9 Å². The van der Waals surface area contributed by atoms with E-state index in [9.17, 15) is 14.0 Å². The van der Waals surface area contributed by atoms with Crippen molar-refractivity contribution >= 4 is 11.8 Å². The van der Waals surface area contributed by atoms with Gasteiger partial charge in [0.25, 0.3) is 5.91 Å². The summed E-state index contributed by atoms with van der Waals surface area (Å²) in [7, 11) is 1.61. The van der Waals surface area contributed by atoms with Crippen LogP contribution in [0.2, 0.25) is 0 Å². The van der Waals surface area contributed by atoms with Gasteiger partial charge >= 0.3 is 0 Å². The highest BCUT2D eigenvalue weighted by atomic mass is 19.1. The van der Waals surface area contributed by atoms with Crippen LogP contribution in [-0.4, -0.2) is 43.5 Å². The molecule has 0 saturated carbocycles. The summed E-state index contributed by atoms with van der Waals surface area (Å²) in [6.45, 7) is 0.294. The average molecular weight is 406 g/mol. The third kappa shape index (κ3) is 5.67. The molecule has 0 atom stereocenters. The van der Waals surface area contributed by atoms with Gasteiger partial charge in [-0.3, -0.25) is 9.59 Å². The minimum atomic E-state index is -0.447. The molecule has 0 spiro atoms. The fourth-order valence-corrected chi connectivity index (χ4v) is 2.82. The molecule has 30 heavy (non-hydrogen) atoms. The van der Waals surface area contributed by atoms with E-state index in [2.05, 4.69) is 5.32 Å². The number of hydrogen-bond acceptors (Lipinski definition) is 3. The maximum absolute atomic E-state index is 13.5. The molecular formula is C24H23FN2O3. The Morgan fingerprint density at radius 2 is 1.53 bits per heavy atom. The van der Waals surface area contributed by atoms with Crippen molar-refractivity contribution in [2.45, 2.75) is 0 Å². The summed E-state index contributed by atoms with van der Waals surface area (Å²) in [4.78, 5) is 25.9. The predicted octanol–water partition coefficient (Wildman–Crippen LogP) is 3.76. The van der Waals surface area contributed by atoms with Gasteiger partial charge in [-0.25, -0.2) is 4.39 Å². The Hall–Kier alpha value is -3.67. The van der Waals surface area contributed by atoms with Gasteiger partial charge < -0.3 is 15.0 Å². The maximum Gasteiger partial charge on any atom is 0.251 e. The smallest absolute Gasteiger partial charge is 0.251 e. The molecule has 0 saturated heterocycles. The highest BCUT2D eigenvalue weighted by Gasteiger charge is 2.12. The molecular weight excluding hydrogens is 383 g/mol. The van der Waals surface area contributed by atoms with E-state index in [4.69, 9.17) is 4.74 Å². The van der Waals surface area contributed by atoms with Crippen molar-refractivity contribution in [1.82, 2.24) is 10.2 Å². The number of carbonyl (C=O) groups excluding carboxylic acids is 2. The topological polar surface area (TPSA) is 58.6 Å². The molecule has 0 aliphatic carbocycles. The molecule has 154 valence electrons. The van der Waals surface area contributed by atoms with Crippen LogP contribution in [0.3, 0.4) is 0 Å². The van der Waals surface area contributed by atoms with Gasteiger partial charge in [-0.2, -0.15) is 0 Å². The van der Waals surface area contributed by atoms with Crippen LogP contribution < -0.4 is 10.1 Å². The first-order chi connectivity index (χ1) is 14.5. The van der Waals surface area contributed by atoms with E-state index in [0.29, 0.717) is 5.56 Å². The number of benzene rings is 3. The van der Waals surface area contributed by atoms with Gasteiger partial charge in [-0.05, 0) is 35.4 Å². The van der Waals surface area contributed by atoms with Crippen LogP contribution in [0.4, 0.5) is 4.39 Å². The van der Waals surface area contributed by atoms with E-state index in [1.807, 2.05) is 42.5 Å². The SMILES string of the molecule is CN(CCOc1ccccc1F)C(=O)CNC(=O)c1ccc(-c2ccccc2)cc1. The van der Waals surface area contributed by atoms with Crippen LogP contribution in [0.15, 0.2) is 78.9 Å². The third-order valence-electron chi connectivity index (χ3n) is 4.60. The lowest BCUT2D eigenvalue weighted by atomic mass is 10.0. The van der Waals surface area contributed by atoms with Gasteiger partial charge in [0.1, 0.15) is 6.61 Å². The molecule has 3 aromatic carbocycles. The minimum Gasteiger partial charge on any atom is -0.489 e. The first-order valence-electron chi connectivity index (χ1n) is 9.59. The second-order valence-electron chi connectivity index (χ2n) is 6.72. The van der Waals surface area contributed by atoms with Crippen molar-refractivity contribution in [2.24, 2.45) is 0 Å². The number of carbonyl (C=O) groups is 2. The largest absolute Gasteiger partial charge is 0.489 e. The second-order valence-corrected chi connectivity index (χ2v) is 6.72. The molecule has 0 radical (unpaired) electrons. The number of rotatable bonds is 8. The van der Waals surface area contributed by atoms with E-state index in [1.165, 1.54) is 17.0 Å². The molecule has 0 heterocycles. The first-order valence-corrected chi connectivity index (χ1v) is 9.59. The molecule has 0 aliphatic rings. The standard InChI is InChI=1S/C24H23FN2O3/c1-27(15-16-30-22-10-6-5-9-21(22)25)23(28)17-26-24(29)20-13-11-19(12-14-20)18-7-3-2-4-8-18/h2-14H,15-17H2,1H3,(H,26,29). The molecule has 0 aromatic heterocycles. The number of para-hydroxylation sites is 1.